The summed E-state index contributed by atoms with van der Waals surface area (Å²) >= 11 is 0. The third kappa shape index (κ3) is 4.46. The number of hydrogen-bond donors (Lipinski definition) is 2. The summed E-state index contributed by atoms with van der Waals surface area (Å²) in [5.74, 6) is 0.495. The van der Waals surface area contributed by atoms with E-state index in [1.807, 2.05) is 13.8 Å². The number of aliphatic hydroxyl groups excluding tert-OH is 1. The second-order valence-corrected chi connectivity index (χ2v) is 5.51. The fraction of sp³-hybridized carbons (Fsp3) is 0.923. The maximum atomic E-state index is 11.7. The number of rotatable bonds is 4. The van der Waals surface area contributed by atoms with Crippen LogP contribution in [0.5, 0.6) is 0 Å². The molecule has 0 aromatic carbocycles. The number of piperidine rings is 1. The van der Waals surface area contributed by atoms with Gasteiger partial charge in [-0.1, -0.05) is 13.8 Å². The van der Waals surface area contributed by atoms with Crippen molar-refractivity contribution in [2.45, 2.75) is 45.8 Å². The van der Waals surface area contributed by atoms with Crippen LogP contribution in [0, 0.1) is 11.8 Å². The number of hydrogen-bond acceptors (Lipinski definition) is 4. The van der Waals surface area contributed by atoms with Crippen LogP contribution in [0.2, 0.25) is 0 Å². The molecule has 0 radical (unpaired) electrons. The quantitative estimate of drug-likeness (QED) is 0.794. The molecule has 0 saturated carbocycles. The van der Waals surface area contributed by atoms with E-state index >= 15 is 0 Å². The van der Waals surface area contributed by atoms with Crippen molar-refractivity contribution in [1.82, 2.24) is 4.90 Å². The van der Waals surface area contributed by atoms with E-state index in [9.17, 15) is 9.90 Å². The number of nitrogens with two attached hydrogens (primary N) is 1. The van der Waals surface area contributed by atoms with E-state index in [4.69, 9.17) is 10.5 Å². The topological polar surface area (TPSA) is 75.8 Å². The Morgan fingerprint density at radius 3 is 2.72 bits per heavy atom. The van der Waals surface area contributed by atoms with Crippen LogP contribution >= 0.6 is 0 Å². The first kappa shape index (κ1) is 15.2. The minimum atomic E-state index is -0.329. The Balaban J connectivity index is 2.52. The molecule has 5 heteroatoms. The van der Waals surface area contributed by atoms with Gasteiger partial charge in [-0.05, 0) is 31.6 Å². The van der Waals surface area contributed by atoms with Gasteiger partial charge in [0.05, 0.1) is 12.7 Å². The molecule has 0 spiro atoms. The monoisotopic (exact) mass is 258 g/mol. The zero-order valence-electron chi connectivity index (χ0n) is 11.6. The van der Waals surface area contributed by atoms with Crippen LogP contribution in [-0.2, 0) is 4.74 Å². The number of carbonyl (C=O) groups excluding carboxylic acids is 1. The summed E-state index contributed by atoms with van der Waals surface area (Å²) in [7, 11) is 0. The lowest BCUT2D eigenvalue weighted by Gasteiger charge is -2.36. The molecule has 0 aliphatic carbocycles. The molecule has 3 N–H and O–H groups in total. The predicted molar refractivity (Wildman–Crippen MR) is 70.1 cm³/mol. The Bertz CT molecular complexity index is 271. The molecule has 3 unspecified atom stereocenters. The van der Waals surface area contributed by atoms with Crippen molar-refractivity contribution in [2.24, 2.45) is 17.6 Å². The number of carbonyl (C=O) groups is 1. The normalized spacial score (nSPS) is 26.2. The summed E-state index contributed by atoms with van der Waals surface area (Å²) in [4.78, 5) is 13.4. The van der Waals surface area contributed by atoms with E-state index in [1.54, 1.807) is 11.8 Å². The maximum absolute atomic E-state index is 11.7. The zero-order chi connectivity index (χ0) is 13.7. The van der Waals surface area contributed by atoms with Gasteiger partial charge in [0.15, 0.2) is 0 Å². The molecule has 3 atom stereocenters. The highest BCUT2D eigenvalue weighted by Crippen LogP contribution is 2.23. The van der Waals surface area contributed by atoms with Crippen molar-refractivity contribution < 1.29 is 14.6 Å². The largest absolute Gasteiger partial charge is 0.450 e. The third-order valence-corrected chi connectivity index (χ3v) is 3.44. The SMILES string of the molecule is CCOC(=O)N1CC(N)CC(CC(O)C(C)C)C1. The Morgan fingerprint density at radius 2 is 2.17 bits per heavy atom. The predicted octanol–water partition coefficient (Wildman–Crippen LogP) is 1.20. The first-order valence-corrected chi connectivity index (χ1v) is 6.79. The lowest BCUT2D eigenvalue weighted by Crippen LogP contribution is -2.50. The van der Waals surface area contributed by atoms with Gasteiger partial charge in [-0.15, -0.1) is 0 Å². The summed E-state index contributed by atoms with van der Waals surface area (Å²) in [5, 5.41) is 9.92. The summed E-state index contributed by atoms with van der Waals surface area (Å²) < 4.78 is 5.00. The highest BCUT2D eigenvalue weighted by atomic mass is 16.6. The minimum Gasteiger partial charge on any atom is -0.450 e. The van der Waals surface area contributed by atoms with E-state index in [2.05, 4.69) is 0 Å². The van der Waals surface area contributed by atoms with Crippen LogP contribution in [0.1, 0.15) is 33.6 Å². The number of likely N-dealkylation sites (tertiary alicyclic amines) is 1. The number of nitrogens with zero attached hydrogens (tertiary/aromatic N) is 1. The fourth-order valence-electron chi connectivity index (χ4n) is 2.39. The molecule has 5 nitrogen and oxygen atoms in total. The molecular weight excluding hydrogens is 232 g/mol. The molecule has 1 aliphatic rings. The Morgan fingerprint density at radius 1 is 1.50 bits per heavy atom. The average Bonchev–Trinajstić information content (AvgIpc) is 2.28. The molecular formula is C13H26N2O3. The van der Waals surface area contributed by atoms with E-state index in [1.165, 1.54) is 0 Å². The van der Waals surface area contributed by atoms with Crippen molar-refractivity contribution in [3.63, 3.8) is 0 Å². The summed E-state index contributed by atoms with van der Waals surface area (Å²) in [5.41, 5.74) is 5.97. The Hall–Kier alpha value is -0.810. The van der Waals surface area contributed by atoms with Crippen LogP contribution in [-0.4, -0.2) is 47.9 Å². The van der Waals surface area contributed by atoms with Crippen molar-refractivity contribution in [2.75, 3.05) is 19.7 Å². The van der Waals surface area contributed by atoms with Crippen molar-refractivity contribution in [1.29, 1.82) is 0 Å². The second kappa shape index (κ2) is 6.95. The zero-order valence-corrected chi connectivity index (χ0v) is 11.6. The molecule has 1 saturated heterocycles. The number of ether oxygens (including phenoxy) is 1. The minimum absolute atomic E-state index is 0.0208. The van der Waals surface area contributed by atoms with Gasteiger partial charge in [-0.25, -0.2) is 4.79 Å². The molecule has 0 aromatic rings. The van der Waals surface area contributed by atoms with Crippen molar-refractivity contribution >= 4 is 6.09 Å². The van der Waals surface area contributed by atoms with Gasteiger partial charge in [0.2, 0.25) is 0 Å². The average molecular weight is 258 g/mol. The van der Waals surface area contributed by atoms with Crippen LogP contribution in [0.15, 0.2) is 0 Å². The Kier molecular flexibility index (Phi) is 5.88. The van der Waals surface area contributed by atoms with Gasteiger partial charge in [0.1, 0.15) is 0 Å². The molecule has 1 heterocycles. The highest BCUT2D eigenvalue weighted by Gasteiger charge is 2.30. The molecule has 0 aromatic heterocycles. The number of amides is 1. The smallest absolute Gasteiger partial charge is 0.409 e. The second-order valence-electron chi connectivity index (χ2n) is 5.51. The van der Waals surface area contributed by atoms with Gasteiger partial charge < -0.3 is 20.5 Å². The third-order valence-electron chi connectivity index (χ3n) is 3.44. The number of aliphatic hydroxyl groups is 1. The summed E-state index contributed by atoms with van der Waals surface area (Å²) in [6.45, 7) is 7.35. The van der Waals surface area contributed by atoms with Gasteiger partial charge >= 0.3 is 6.09 Å². The lowest BCUT2D eigenvalue weighted by molar-refractivity contribution is 0.0539. The molecule has 18 heavy (non-hydrogen) atoms. The van der Waals surface area contributed by atoms with Crippen LogP contribution in [0.3, 0.4) is 0 Å². The Labute approximate surface area is 109 Å². The van der Waals surface area contributed by atoms with E-state index in [0.29, 0.717) is 26.1 Å². The highest BCUT2D eigenvalue weighted by molar-refractivity contribution is 5.67. The molecule has 0 bridgehead atoms. The molecule has 1 amide bonds. The van der Waals surface area contributed by atoms with Crippen LogP contribution < -0.4 is 5.73 Å². The standard InChI is InChI=1S/C13H26N2O3/c1-4-18-13(17)15-7-10(5-11(14)8-15)6-12(16)9(2)3/h9-12,16H,4-8,14H2,1-3H3. The van der Waals surface area contributed by atoms with Crippen molar-refractivity contribution in [3.05, 3.63) is 0 Å². The first-order chi connectivity index (χ1) is 8.43. The van der Waals surface area contributed by atoms with Crippen LogP contribution in [0.4, 0.5) is 4.79 Å². The summed E-state index contributed by atoms with van der Waals surface area (Å²) in [6.07, 6.45) is 0.932. The van der Waals surface area contributed by atoms with E-state index in [-0.39, 0.29) is 30.1 Å². The molecule has 1 aliphatic heterocycles. The van der Waals surface area contributed by atoms with Gasteiger partial charge in [0.25, 0.3) is 0 Å². The lowest BCUT2D eigenvalue weighted by atomic mass is 9.87. The summed E-state index contributed by atoms with van der Waals surface area (Å²) in [6, 6.07) is -0.0208. The van der Waals surface area contributed by atoms with Gasteiger partial charge in [-0.2, -0.15) is 0 Å². The van der Waals surface area contributed by atoms with E-state index < -0.39 is 0 Å². The van der Waals surface area contributed by atoms with Gasteiger partial charge in [0, 0.05) is 19.1 Å². The first-order valence-electron chi connectivity index (χ1n) is 6.79. The molecule has 106 valence electrons. The maximum Gasteiger partial charge on any atom is 0.409 e. The van der Waals surface area contributed by atoms with Crippen LogP contribution in [0.25, 0.3) is 0 Å². The van der Waals surface area contributed by atoms with Crippen molar-refractivity contribution in [3.8, 4) is 0 Å². The molecule has 1 rings (SSSR count). The fourth-order valence-corrected chi connectivity index (χ4v) is 2.39. The molecule has 1 fully saturated rings. The van der Waals surface area contributed by atoms with Gasteiger partial charge in [-0.3, -0.25) is 0 Å². The van der Waals surface area contributed by atoms with E-state index in [0.717, 1.165) is 6.42 Å².